The lowest BCUT2D eigenvalue weighted by molar-refractivity contribution is 0.0956. The molecule has 19 heavy (non-hydrogen) atoms. The molecule has 0 bridgehead atoms. The molecule has 0 aromatic rings. The second-order valence-corrected chi connectivity index (χ2v) is 6.38. The highest BCUT2D eigenvalue weighted by atomic mass is 15.2. The molecule has 2 fully saturated rings. The van der Waals surface area contributed by atoms with Crippen LogP contribution in [0.4, 0.5) is 0 Å². The van der Waals surface area contributed by atoms with Crippen molar-refractivity contribution < 1.29 is 0 Å². The second-order valence-electron chi connectivity index (χ2n) is 6.38. The van der Waals surface area contributed by atoms with Crippen LogP contribution in [0.5, 0.6) is 0 Å². The molecule has 0 amide bonds. The maximum Gasteiger partial charge on any atom is 0.108 e. The lowest BCUT2D eigenvalue weighted by Crippen LogP contribution is -2.50. The van der Waals surface area contributed by atoms with Crippen LogP contribution < -0.4 is 5.32 Å². The Morgan fingerprint density at radius 2 is 2.21 bits per heavy atom. The molecule has 2 rings (SSSR count). The quantitative estimate of drug-likeness (QED) is 0.834. The Labute approximate surface area is 117 Å². The first-order chi connectivity index (χ1) is 9.10. The second kappa shape index (κ2) is 6.21. The van der Waals surface area contributed by atoms with E-state index in [1.54, 1.807) is 0 Å². The zero-order valence-corrected chi connectivity index (χ0v) is 12.7. The van der Waals surface area contributed by atoms with Gasteiger partial charge in [-0.05, 0) is 59.3 Å². The van der Waals surface area contributed by atoms with Crippen molar-refractivity contribution in [1.29, 1.82) is 5.26 Å². The van der Waals surface area contributed by atoms with E-state index in [0.717, 1.165) is 19.4 Å². The van der Waals surface area contributed by atoms with Gasteiger partial charge in [-0.15, -0.1) is 0 Å². The average molecular weight is 264 g/mol. The van der Waals surface area contributed by atoms with Gasteiger partial charge in [-0.1, -0.05) is 6.92 Å². The molecule has 3 unspecified atom stereocenters. The third kappa shape index (κ3) is 3.28. The van der Waals surface area contributed by atoms with Crippen LogP contribution in [0.15, 0.2) is 0 Å². The number of nitrogens with zero attached hydrogens (tertiary/aromatic N) is 3. The minimum atomic E-state index is -0.259. The van der Waals surface area contributed by atoms with Crippen LogP contribution in [0.25, 0.3) is 0 Å². The number of hydrogen-bond donors (Lipinski definition) is 1. The monoisotopic (exact) mass is 264 g/mol. The van der Waals surface area contributed by atoms with E-state index in [9.17, 15) is 5.26 Å². The van der Waals surface area contributed by atoms with E-state index in [2.05, 4.69) is 42.2 Å². The van der Waals surface area contributed by atoms with Crippen LogP contribution in [-0.2, 0) is 0 Å². The Kier molecular flexibility index (Phi) is 4.83. The molecule has 1 heterocycles. The molecule has 1 N–H and O–H groups in total. The van der Waals surface area contributed by atoms with Crippen LogP contribution in [0.2, 0.25) is 0 Å². The molecule has 1 aliphatic carbocycles. The molecule has 4 nitrogen and oxygen atoms in total. The van der Waals surface area contributed by atoms with Gasteiger partial charge in [0, 0.05) is 18.6 Å². The summed E-state index contributed by atoms with van der Waals surface area (Å²) in [7, 11) is 4.36. The van der Waals surface area contributed by atoms with Crippen molar-refractivity contribution in [2.45, 2.75) is 56.7 Å². The molecule has 0 radical (unpaired) electrons. The van der Waals surface area contributed by atoms with Gasteiger partial charge < -0.3 is 4.90 Å². The Hall–Kier alpha value is -0.630. The maximum absolute atomic E-state index is 9.46. The van der Waals surface area contributed by atoms with Gasteiger partial charge in [-0.25, -0.2) is 0 Å². The average Bonchev–Trinajstić information content (AvgIpc) is 2.84. The smallest absolute Gasteiger partial charge is 0.108 e. The summed E-state index contributed by atoms with van der Waals surface area (Å²) in [6.45, 7) is 5.37. The number of nitriles is 1. The number of nitrogens with one attached hydrogen (secondary N) is 1. The van der Waals surface area contributed by atoms with Crippen LogP contribution in [0, 0.1) is 11.3 Å². The SMILES string of the molecule is CCNC1(C#N)CCC(N2CCCC(N(C)C)C2)C1. The van der Waals surface area contributed by atoms with Gasteiger partial charge in [0.1, 0.15) is 5.54 Å². The summed E-state index contributed by atoms with van der Waals surface area (Å²) in [6.07, 6.45) is 5.77. The van der Waals surface area contributed by atoms with Crippen molar-refractivity contribution in [1.82, 2.24) is 15.1 Å². The first kappa shape index (κ1) is 14.8. The van der Waals surface area contributed by atoms with Crippen LogP contribution in [0.1, 0.15) is 39.0 Å². The Morgan fingerprint density at radius 3 is 2.84 bits per heavy atom. The minimum Gasteiger partial charge on any atom is -0.305 e. The number of rotatable bonds is 4. The molecule has 1 aliphatic heterocycles. The fraction of sp³-hybridized carbons (Fsp3) is 0.933. The molecular weight excluding hydrogens is 236 g/mol. The molecule has 108 valence electrons. The molecule has 4 heteroatoms. The number of likely N-dealkylation sites (N-methyl/N-ethyl adjacent to an activating group) is 1. The van der Waals surface area contributed by atoms with Crippen LogP contribution in [-0.4, -0.2) is 61.2 Å². The summed E-state index contributed by atoms with van der Waals surface area (Å²) >= 11 is 0. The molecule has 0 aromatic carbocycles. The van der Waals surface area contributed by atoms with Crippen molar-refractivity contribution in [2.75, 3.05) is 33.7 Å². The summed E-state index contributed by atoms with van der Waals surface area (Å²) < 4.78 is 0. The van der Waals surface area contributed by atoms with E-state index in [1.165, 1.54) is 32.4 Å². The molecule has 1 saturated heterocycles. The summed E-state index contributed by atoms with van der Waals surface area (Å²) in [4.78, 5) is 4.98. The van der Waals surface area contributed by atoms with Crippen molar-refractivity contribution >= 4 is 0 Å². The topological polar surface area (TPSA) is 42.3 Å². The van der Waals surface area contributed by atoms with Crippen molar-refractivity contribution in [3.63, 3.8) is 0 Å². The number of piperidine rings is 1. The molecular formula is C15H28N4. The van der Waals surface area contributed by atoms with Crippen molar-refractivity contribution in [3.05, 3.63) is 0 Å². The normalized spacial score (nSPS) is 36.6. The van der Waals surface area contributed by atoms with E-state index in [4.69, 9.17) is 0 Å². The van der Waals surface area contributed by atoms with Gasteiger partial charge in [-0.2, -0.15) is 5.26 Å². The van der Waals surface area contributed by atoms with Gasteiger partial charge in [0.05, 0.1) is 6.07 Å². The Balaban J connectivity index is 1.95. The lowest BCUT2D eigenvalue weighted by atomic mass is 9.98. The number of hydrogen-bond acceptors (Lipinski definition) is 4. The summed E-state index contributed by atoms with van der Waals surface area (Å²) in [5.74, 6) is 0. The predicted molar refractivity (Wildman–Crippen MR) is 77.9 cm³/mol. The highest BCUT2D eigenvalue weighted by molar-refractivity contribution is 5.13. The maximum atomic E-state index is 9.46. The van der Waals surface area contributed by atoms with E-state index < -0.39 is 0 Å². The van der Waals surface area contributed by atoms with Gasteiger partial charge in [0.2, 0.25) is 0 Å². The largest absolute Gasteiger partial charge is 0.305 e. The fourth-order valence-corrected chi connectivity index (χ4v) is 3.71. The van der Waals surface area contributed by atoms with Gasteiger partial charge in [0.15, 0.2) is 0 Å². The van der Waals surface area contributed by atoms with Crippen molar-refractivity contribution in [3.8, 4) is 6.07 Å². The zero-order valence-electron chi connectivity index (χ0n) is 12.7. The zero-order chi connectivity index (χ0) is 13.9. The first-order valence-corrected chi connectivity index (χ1v) is 7.67. The molecule has 0 aromatic heterocycles. The lowest BCUT2D eigenvalue weighted by Gasteiger charge is -2.39. The van der Waals surface area contributed by atoms with Crippen molar-refractivity contribution in [2.24, 2.45) is 0 Å². The third-order valence-corrected chi connectivity index (χ3v) is 4.89. The summed E-state index contributed by atoms with van der Waals surface area (Å²) in [5, 5.41) is 12.9. The fourth-order valence-electron chi connectivity index (χ4n) is 3.71. The van der Waals surface area contributed by atoms with Gasteiger partial charge >= 0.3 is 0 Å². The van der Waals surface area contributed by atoms with E-state index in [1.807, 2.05) is 0 Å². The van der Waals surface area contributed by atoms with Crippen LogP contribution in [0.3, 0.4) is 0 Å². The minimum absolute atomic E-state index is 0.259. The third-order valence-electron chi connectivity index (χ3n) is 4.89. The summed E-state index contributed by atoms with van der Waals surface area (Å²) in [6, 6.07) is 3.82. The van der Waals surface area contributed by atoms with Gasteiger partial charge in [0.25, 0.3) is 0 Å². The Bertz CT molecular complexity index is 336. The molecule has 1 saturated carbocycles. The van der Waals surface area contributed by atoms with E-state index in [-0.39, 0.29) is 5.54 Å². The molecule has 2 aliphatic rings. The predicted octanol–water partition coefficient (Wildman–Crippen LogP) is 1.44. The molecule has 3 atom stereocenters. The molecule has 0 spiro atoms. The highest BCUT2D eigenvalue weighted by Crippen LogP contribution is 2.34. The standard InChI is InChI=1S/C15H28N4/c1-4-17-15(12-16)8-7-13(10-15)19-9-5-6-14(11-19)18(2)3/h13-14,17H,4-11H2,1-3H3. The first-order valence-electron chi connectivity index (χ1n) is 7.67. The Morgan fingerprint density at radius 1 is 1.42 bits per heavy atom. The van der Waals surface area contributed by atoms with Crippen LogP contribution >= 0.6 is 0 Å². The van der Waals surface area contributed by atoms with E-state index >= 15 is 0 Å². The number of likely N-dealkylation sites (tertiary alicyclic amines) is 1. The van der Waals surface area contributed by atoms with Gasteiger partial charge in [-0.3, -0.25) is 10.2 Å². The van der Waals surface area contributed by atoms with E-state index in [0.29, 0.717) is 12.1 Å². The highest BCUT2D eigenvalue weighted by Gasteiger charge is 2.41. The summed E-state index contributed by atoms with van der Waals surface area (Å²) in [5.41, 5.74) is -0.259.